The van der Waals surface area contributed by atoms with E-state index in [0.717, 1.165) is 16.7 Å². The highest BCUT2D eigenvalue weighted by molar-refractivity contribution is 7.92. The maximum absolute atomic E-state index is 12.6. The number of carbonyl (C=O) groups excluding carboxylic acids is 1. The third-order valence-electron chi connectivity index (χ3n) is 4.60. The molecule has 3 rings (SSSR count). The predicted octanol–water partition coefficient (Wildman–Crippen LogP) is 4.43. The highest BCUT2D eigenvalue weighted by Crippen LogP contribution is 2.21. The summed E-state index contributed by atoms with van der Waals surface area (Å²) in [4.78, 5) is 12.1. The summed E-state index contributed by atoms with van der Waals surface area (Å²) in [5, 5.41) is 2.74. The molecule has 3 aromatic carbocycles. The van der Waals surface area contributed by atoms with Gasteiger partial charge in [-0.2, -0.15) is 0 Å². The van der Waals surface area contributed by atoms with Crippen molar-refractivity contribution in [3.05, 3.63) is 83.4 Å². The number of sulfonamides is 1. The molecule has 30 heavy (non-hydrogen) atoms. The molecule has 156 valence electrons. The average Bonchev–Trinajstić information content (AvgIpc) is 2.71. The average molecular weight is 425 g/mol. The smallest absolute Gasteiger partial charge is 0.262 e. The Morgan fingerprint density at radius 3 is 2.10 bits per heavy atom. The first-order valence-corrected chi connectivity index (χ1v) is 10.9. The summed E-state index contributed by atoms with van der Waals surface area (Å²) in [5.74, 6) is 0.103. The highest BCUT2D eigenvalue weighted by Gasteiger charge is 2.15. The molecule has 0 unspecified atom stereocenters. The van der Waals surface area contributed by atoms with E-state index in [0.29, 0.717) is 17.1 Å². The summed E-state index contributed by atoms with van der Waals surface area (Å²) in [6, 6.07) is 18.7. The van der Waals surface area contributed by atoms with Crippen LogP contribution in [0.4, 0.5) is 11.4 Å². The third kappa shape index (κ3) is 5.61. The zero-order chi connectivity index (χ0) is 21.7. The Morgan fingerprint density at radius 2 is 1.47 bits per heavy atom. The lowest BCUT2D eigenvalue weighted by molar-refractivity contribution is -0.118. The van der Waals surface area contributed by atoms with Gasteiger partial charge in [-0.25, -0.2) is 8.42 Å². The lowest BCUT2D eigenvalue weighted by Crippen LogP contribution is -2.20. The Morgan fingerprint density at radius 1 is 0.833 bits per heavy atom. The molecule has 0 aliphatic carbocycles. The summed E-state index contributed by atoms with van der Waals surface area (Å²) in [6.07, 6.45) is 0. The second-order valence-corrected chi connectivity index (χ2v) is 8.76. The van der Waals surface area contributed by atoms with E-state index in [1.165, 1.54) is 24.3 Å². The molecule has 6 nitrogen and oxygen atoms in total. The van der Waals surface area contributed by atoms with Crippen molar-refractivity contribution in [3.8, 4) is 5.75 Å². The van der Waals surface area contributed by atoms with Crippen LogP contribution in [-0.2, 0) is 14.8 Å². The first-order valence-electron chi connectivity index (χ1n) is 9.42. The lowest BCUT2D eigenvalue weighted by Gasteiger charge is -2.11. The number of hydrogen-bond acceptors (Lipinski definition) is 4. The van der Waals surface area contributed by atoms with Crippen molar-refractivity contribution in [1.82, 2.24) is 0 Å². The number of aryl methyl sites for hydroxylation is 3. The summed E-state index contributed by atoms with van der Waals surface area (Å²) >= 11 is 0. The van der Waals surface area contributed by atoms with Crippen LogP contribution in [0.2, 0.25) is 0 Å². The van der Waals surface area contributed by atoms with Crippen LogP contribution in [0.5, 0.6) is 5.75 Å². The first-order chi connectivity index (χ1) is 14.2. The van der Waals surface area contributed by atoms with Gasteiger partial charge in [-0.15, -0.1) is 0 Å². The minimum atomic E-state index is -3.72. The van der Waals surface area contributed by atoms with Crippen molar-refractivity contribution >= 4 is 27.3 Å². The summed E-state index contributed by atoms with van der Waals surface area (Å²) in [7, 11) is -3.72. The molecule has 0 aliphatic rings. The van der Waals surface area contributed by atoms with Crippen LogP contribution in [0.1, 0.15) is 16.7 Å². The van der Waals surface area contributed by atoms with Gasteiger partial charge in [0.25, 0.3) is 15.9 Å². The number of hydrogen-bond donors (Lipinski definition) is 2. The van der Waals surface area contributed by atoms with Gasteiger partial charge in [-0.1, -0.05) is 23.8 Å². The van der Waals surface area contributed by atoms with E-state index in [4.69, 9.17) is 4.74 Å². The van der Waals surface area contributed by atoms with Crippen molar-refractivity contribution in [2.45, 2.75) is 25.7 Å². The number of ether oxygens (including phenoxy) is 1. The molecular weight excluding hydrogens is 400 g/mol. The molecule has 3 aromatic rings. The molecule has 7 heteroatoms. The standard InChI is InChI=1S/C23H24N2O4S/c1-16-4-7-19(8-5-16)24-23(26)15-29-21-10-12-22(13-11-21)30(27,28)25-20-9-6-17(2)18(3)14-20/h4-14,25H,15H2,1-3H3,(H,24,26). The minimum absolute atomic E-state index is 0.109. The van der Waals surface area contributed by atoms with Crippen molar-refractivity contribution in [1.29, 1.82) is 0 Å². The molecule has 0 aliphatic heterocycles. The minimum Gasteiger partial charge on any atom is -0.484 e. The van der Waals surface area contributed by atoms with E-state index in [-0.39, 0.29) is 17.4 Å². The van der Waals surface area contributed by atoms with Crippen molar-refractivity contribution in [2.24, 2.45) is 0 Å². The molecule has 0 fully saturated rings. The summed E-state index contributed by atoms with van der Waals surface area (Å²) in [6.45, 7) is 5.68. The van der Waals surface area contributed by atoms with Crippen LogP contribution in [0.25, 0.3) is 0 Å². The van der Waals surface area contributed by atoms with Crippen LogP contribution < -0.4 is 14.8 Å². The lowest BCUT2D eigenvalue weighted by atomic mass is 10.1. The van der Waals surface area contributed by atoms with Gasteiger partial charge in [0.2, 0.25) is 0 Å². The zero-order valence-electron chi connectivity index (χ0n) is 17.1. The Hall–Kier alpha value is -3.32. The molecule has 1 amide bonds. The zero-order valence-corrected chi connectivity index (χ0v) is 17.9. The molecule has 0 saturated carbocycles. The quantitative estimate of drug-likeness (QED) is 0.588. The van der Waals surface area contributed by atoms with Gasteiger partial charge in [0.05, 0.1) is 4.90 Å². The van der Waals surface area contributed by atoms with Gasteiger partial charge in [0, 0.05) is 11.4 Å². The molecule has 0 radical (unpaired) electrons. The molecule has 0 spiro atoms. The number of anilines is 2. The summed E-state index contributed by atoms with van der Waals surface area (Å²) < 4.78 is 33.2. The first kappa shape index (κ1) is 21.4. The van der Waals surface area contributed by atoms with Gasteiger partial charge < -0.3 is 10.1 Å². The monoisotopic (exact) mass is 424 g/mol. The van der Waals surface area contributed by atoms with E-state index in [1.807, 2.05) is 51.1 Å². The second kappa shape index (κ2) is 9.00. The Kier molecular flexibility index (Phi) is 6.42. The number of rotatable bonds is 7. The second-order valence-electron chi connectivity index (χ2n) is 7.08. The van der Waals surface area contributed by atoms with E-state index < -0.39 is 10.0 Å². The topological polar surface area (TPSA) is 84.5 Å². The van der Waals surface area contributed by atoms with Gasteiger partial charge in [0.15, 0.2) is 6.61 Å². The SMILES string of the molecule is Cc1ccc(NC(=O)COc2ccc(S(=O)(=O)Nc3ccc(C)c(C)c3)cc2)cc1. The van der Waals surface area contributed by atoms with Gasteiger partial charge in [0.1, 0.15) is 5.75 Å². The van der Waals surface area contributed by atoms with E-state index >= 15 is 0 Å². The van der Waals surface area contributed by atoms with Crippen LogP contribution in [0.3, 0.4) is 0 Å². The van der Waals surface area contributed by atoms with Crippen LogP contribution in [0, 0.1) is 20.8 Å². The highest BCUT2D eigenvalue weighted by atomic mass is 32.2. The molecule has 0 aromatic heterocycles. The number of amides is 1. The number of nitrogens with one attached hydrogen (secondary N) is 2. The molecular formula is C23H24N2O4S. The van der Waals surface area contributed by atoms with Gasteiger partial charge in [-0.05, 0) is 80.4 Å². The molecule has 0 saturated heterocycles. The van der Waals surface area contributed by atoms with E-state index in [1.54, 1.807) is 12.1 Å². The number of benzene rings is 3. The third-order valence-corrected chi connectivity index (χ3v) is 6.00. The van der Waals surface area contributed by atoms with E-state index in [2.05, 4.69) is 10.0 Å². The molecule has 0 bridgehead atoms. The van der Waals surface area contributed by atoms with Crippen molar-refractivity contribution in [3.63, 3.8) is 0 Å². The van der Waals surface area contributed by atoms with Gasteiger partial charge >= 0.3 is 0 Å². The maximum atomic E-state index is 12.6. The van der Waals surface area contributed by atoms with Gasteiger partial charge in [-0.3, -0.25) is 9.52 Å². The van der Waals surface area contributed by atoms with Crippen LogP contribution in [-0.4, -0.2) is 20.9 Å². The normalized spacial score (nSPS) is 11.0. The summed E-state index contributed by atoms with van der Waals surface area (Å²) in [5.41, 5.74) is 4.39. The molecule has 2 N–H and O–H groups in total. The number of carbonyl (C=O) groups is 1. The maximum Gasteiger partial charge on any atom is 0.262 e. The van der Waals surface area contributed by atoms with Crippen molar-refractivity contribution in [2.75, 3.05) is 16.6 Å². The van der Waals surface area contributed by atoms with E-state index in [9.17, 15) is 13.2 Å². The van der Waals surface area contributed by atoms with Crippen molar-refractivity contribution < 1.29 is 17.9 Å². The fourth-order valence-corrected chi connectivity index (χ4v) is 3.77. The fraction of sp³-hybridized carbons (Fsp3) is 0.174. The Balaban J connectivity index is 1.58. The van der Waals surface area contributed by atoms with Crippen LogP contribution in [0.15, 0.2) is 71.6 Å². The van der Waals surface area contributed by atoms with Crippen LogP contribution >= 0.6 is 0 Å². The Bertz CT molecular complexity index is 1140. The largest absolute Gasteiger partial charge is 0.484 e. The fourth-order valence-electron chi connectivity index (χ4n) is 2.72. The molecule has 0 atom stereocenters. The predicted molar refractivity (Wildman–Crippen MR) is 118 cm³/mol. The molecule has 0 heterocycles. The Labute approximate surface area is 177 Å².